The summed E-state index contributed by atoms with van der Waals surface area (Å²) in [5.74, 6) is 0.945. The van der Waals surface area contributed by atoms with Crippen LogP contribution in [0, 0.1) is 0 Å². The highest BCUT2D eigenvalue weighted by Gasteiger charge is 2.11. The molecule has 0 saturated heterocycles. The van der Waals surface area contributed by atoms with Gasteiger partial charge in [0.15, 0.2) is 5.96 Å². The number of aliphatic imine (C=N–C) groups is 1. The number of nitrogens with zero attached hydrogens (tertiary/aromatic N) is 1. The monoisotopic (exact) mass is 505 g/mol. The molecule has 0 fully saturated rings. The van der Waals surface area contributed by atoms with E-state index in [9.17, 15) is 13.9 Å². The molecule has 1 atom stereocenters. The Kier molecular flexibility index (Phi) is 11.4. The molecule has 0 radical (unpaired) electrons. The van der Waals surface area contributed by atoms with Gasteiger partial charge in [0.1, 0.15) is 12.4 Å². The fourth-order valence-corrected chi connectivity index (χ4v) is 2.54. The second kappa shape index (κ2) is 13.3. The van der Waals surface area contributed by atoms with Gasteiger partial charge in [-0.05, 0) is 23.3 Å². The molecule has 2 aromatic carbocycles. The number of hydrogen-bond acceptors (Lipinski definition) is 3. The predicted octanol–water partition coefficient (Wildman–Crippen LogP) is 3.39. The van der Waals surface area contributed by atoms with Crippen molar-refractivity contribution in [3.63, 3.8) is 0 Å². The van der Waals surface area contributed by atoms with Gasteiger partial charge in [0, 0.05) is 26.1 Å². The summed E-state index contributed by atoms with van der Waals surface area (Å²) in [6, 6.07) is 16.7. The quantitative estimate of drug-likeness (QED) is 0.278. The van der Waals surface area contributed by atoms with E-state index < -0.39 is 13.0 Å². The van der Waals surface area contributed by atoms with Crippen molar-refractivity contribution in [3.8, 4) is 5.75 Å². The van der Waals surface area contributed by atoms with E-state index in [2.05, 4.69) is 15.6 Å². The lowest BCUT2D eigenvalue weighted by Crippen LogP contribution is -2.39. The van der Waals surface area contributed by atoms with E-state index in [-0.39, 0.29) is 36.5 Å². The maximum atomic E-state index is 12.2. The summed E-state index contributed by atoms with van der Waals surface area (Å²) < 4.78 is 29.5. The van der Waals surface area contributed by atoms with E-state index in [4.69, 9.17) is 4.74 Å². The van der Waals surface area contributed by atoms with Crippen LogP contribution in [-0.2, 0) is 6.54 Å². The third-order valence-corrected chi connectivity index (χ3v) is 3.97. The second-order valence-corrected chi connectivity index (χ2v) is 5.95. The summed E-state index contributed by atoms with van der Waals surface area (Å²) in [4.78, 5) is 4.17. The van der Waals surface area contributed by atoms with E-state index >= 15 is 0 Å². The number of ether oxygens (including phenoxy) is 1. The van der Waals surface area contributed by atoms with Gasteiger partial charge in [0.25, 0.3) is 6.43 Å². The summed E-state index contributed by atoms with van der Waals surface area (Å²) in [6.07, 6.45) is -2.50. The lowest BCUT2D eigenvalue weighted by atomic mass is 10.0. The third kappa shape index (κ3) is 8.39. The molecule has 0 amide bonds. The normalized spacial score (nSPS) is 12.2. The Balaban J connectivity index is 0.00000392. The molecule has 0 heterocycles. The Hall–Kier alpha value is -1.94. The number of aliphatic hydroxyl groups excluding tert-OH is 1. The molecule has 1 unspecified atom stereocenters. The van der Waals surface area contributed by atoms with E-state index in [0.717, 1.165) is 11.1 Å². The zero-order valence-corrected chi connectivity index (χ0v) is 18.0. The lowest BCUT2D eigenvalue weighted by Gasteiger charge is -2.18. The molecule has 0 spiro atoms. The molecule has 3 N–H and O–H groups in total. The van der Waals surface area contributed by atoms with Crippen molar-refractivity contribution in [1.82, 2.24) is 10.6 Å². The molecule has 2 aromatic rings. The first-order valence-corrected chi connectivity index (χ1v) is 8.72. The van der Waals surface area contributed by atoms with Crippen LogP contribution in [0.3, 0.4) is 0 Å². The van der Waals surface area contributed by atoms with Crippen LogP contribution >= 0.6 is 24.0 Å². The number of rotatable bonds is 9. The SMILES string of the molecule is CN=C(NCc1cccc(OCC(F)F)c1)NCC(CO)c1ccccc1.I. The summed E-state index contributed by atoms with van der Waals surface area (Å²) in [5.41, 5.74) is 1.93. The van der Waals surface area contributed by atoms with E-state index in [1.807, 2.05) is 36.4 Å². The fourth-order valence-electron chi connectivity index (χ4n) is 2.54. The standard InChI is InChI=1S/C20H25F2N3O2.HI/c1-23-20(25-12-17(13-26)16-7-3-2-4-8-16)24-11-15-6-5-9-18(10-15)27-14-19(21)22;/h2-10,17,19,26H,11-14H2,1H3,(H2,23,24,25);1H. The Bertz CT molecular complexity index is 718. The smallest absolute Gasteiger partial charge is 0.272 e. The molecule has 0 bridgehead atoms. The van der Waals surface area contributed by atoms with Gasteiger partial charge in [-0.15, -0.1) is 24.0 Å². The highest BCUT2D eigenvalue weighted by molar-refractivity contribution is 14.0. The molecule has 0 saturated carbocycles. The first-order chi connectivity index (χ1) is 13.1. The minimum atomic E-state index is -2.50. The van der Waals surface area contributed by atoms with E-state index in [1.165, 1.54) is 0 Å². The summed E-state index contributed by atoms with van der Waals surface area (Å²) >= 11 is 0. The zero-order valence-electron chi connectivity index (χ0n) is 15.6. The highest BCUT2D eigenvalue weighted by atomic mass is 127. The highest BCUT2D eigenvalue weighted by Crippen LogP contribution is 2.15. The molecule has 2 rings (SSSR count). The average Bonchev–Trinajstić information content (AvgIpc) is 2.70. The van der Waals surface area contributed by atoms with Gasteiger partial charge in [0.05, 0.1) is 6.61 Å². The van der Waals surface area contributed by atoms with Crippen molar-refractivity contribution in [3.05, 3.63) is 65.7 Å². The van der Waals surface area contributed by atoms with Gasteiger partial charge in [-0.1, -0.05) is 42.5 Å². The Labute approximate surface area is 181 Å². The van der Waals surface area contributed by atoms with Crippen LogP contribution in [0.1, 0.15) is 17.0 Å². The zero-order chi connectivity index (χ0) is 19.5. The van der Waals surface area contributed by atoms with Crippen LogP contribution in [0.15, 0.2) is 59.6 Å². The van der Waals surface area contributed by atoms with E-state index in [1.54, 1.807) is 25.2 Å². The van der Waals surface area contributed by atoms with Crippen LogP contribution < -0.4 is 15.4 Å². The predicted molar refractivity (Wildman–Crippen MR) is 118 cm³/mol. The fraction of sp³-hybridized carbons (Fsp3) is 0.350. The van der Waals surface area contributed by atoms with Crippen LogP contribution in [-0.4, -0.2) is 44.3 Å². The van der Waals surface area contributed by atoms with Gasteiger partial charge in [-0.3, -0.25) is 4.99 Å². The lowest BCUT2D eigenvalue weighted by molar-refractivity contribution is 0.0818. The number of hydrogen-bond donors (Lipinski definition) is 3. The minimum absolute atomic E-state index is 0. The molecule has 0 aromatic heterocycles. The largest absolute Gasteiger partial charge is 0.488 e. The maximum absolute atomic E-state index is 12.2. The number of benzene rings is 2. The molecule has 8 heteroatoms. The second-order valence-electron chi connectivity index (χ2n) is 5.95. The number of aliphatic hydroxyl groups is 1. The van der Waals surface area contributed by atoms with Crippen LogP contribution in [0.25, 0.3) is 0 Å². The Morgan fingerprint density at radius 3 is 2.50 bits per heavy atom. The van der Waals surface area contributed by atoms with Gasteiger partial charge in [0.2, 0.25) is 0 Å². The third-order valence-electron chi connectivity index (χ3n) is 3.97. The van der Waals surface area contributed by atoms with Gasteiger partial charge < -0.3 is 20.5 Å². The topological polar surface area (TPSA) is 65.9 Å². The van der Waals surface area contributed by atoms with Crippen molar-refractivity contribution in [1.29, 1.82) is 0 Å². The van der Waals surface area contributed by atoms with Gasteiger partial charge >= 0.3 is 0 Å². The van der Waals surface area contributed by atoms with Crippen LogP contribution in [0.5, 0.6) is 5.75 Å². The average molecular weight is 505 g/mol. The Morgan fingerprint density at radius 1 is 1.11 bits per heavy atom. The summed E-state index contributed by atoms with van der Waals surface area (Å²) in [7, 11) is 1.66. The van der Waals surface area contributed by atoms with Crippen molar-refractivity contribution in [2.75, 3.05) is 26.8 Å². The van der Waals surface area contributed by atoms with Crippen molar-refractivity contribution in [2.45, 2.75) is 18.9 Å². The molecule has 28 heavy (non-hydrogen) atoms. The van der Waals surface area contributed by atoms with Crippen molar-refractivity contribution >= 4 is 29.9 Å². The number of halogens is 3. The molecule has 0 aliphatic heterocycles. The van der Waals surface area contributed by atoms with Crippen LogP contribution in [0.4, 0.5) is 8.78 Å². The van der Waals surface area contributed by atoms with Gasteiger partial charge in [-0.2, -0.15) is 0 Å². The van der Waals surface area contributed by atoms with Crippen molar-refractivity contribution < 1.29 is 18.6 Å². The Morgan fingerprint density at radius 2 is 1.86 bits per heavy atom. The van der Waals surface area contributed by atoms with Crippen LogP contribution in [0.2, 0.25) is 0 Å². The molecule has 0 aliphatic carbocycles. The molecular weight excluding hydrogens is 479 g/mol. The molecule has 5 nitrogen and oxygen atoms in total. The number of guanidine groups is 1. The summed E-state index contributed by atoms with van der Waals surface area (Å²) in [5, 5.41) is 16.0. The minimum Gasteiger partial charge on any atom is -0.488 e. The first kappa shape index (κ1) is 24.1. The van der Waals surface area contributed by atoms with Crippen molar-refractivity contribution in [2.24, 2.45) is 4.99 Å². The first-order valence-electron chi connectivity index (χ1n) is 8.72. The molecule has 0 aliphatic rings. The summed E-state index contributed by atoms with van der Waals surface area (Å²) in [6.45, 7) is 0.387. The molecular formula is C20H26F2IN3O2. The van der Waals surface area contributed by atoms with E-state index in [0.29, 0.717) is 24.8 Å². The maximum Gasteiger partial charge on any atom is 0.272 e. The number of nitrogens with one attached hydrogen (secondary N) is 2. The van der Waals surface area contributed by atoms with Gasteiger partial charge in [-0.25, -0.2) is 8.78 Å². The molecule has 154 valence electrons. The number of alkyl halides is 2.